The summed E-state index contributed by atoms with van der Waals surface area (Å²) in [6.45, 7) is 1.00. The van der Waals surface area contributed by atoms with Crippen molar-refractivity contribution >= 4 is 22.9 Å². The Morgan fingerprint density at radius 2 is 2.26 bits per heavy atom. The van der Waals surface area contributed by atoms with Gasteiger partial charge in [0.05, 0.1) is 11.3 Å². The van der Waals surface area contributed by atoms with Gasteiger partial charge in [-0.25, -0.2) is 0 Å². The van der Waals surface area contributed by atoms with Crippen molar-refractivity contribution in [3.8, 4) is 0 Å². The second-order valence-electron chi connectivity index (χ2n) is 5.04. The maximum atomic E-state index is 12.3. The number of hydrogen-bond donors (Lipinski definition) is 1. The van der Waals surface area contributed by atoms with Gasteiger partial charge in [0.2, 0.25) is 0 Å². The first-order chi connectivity index (χ1) is 9.34. The first-order valence-corrected chi connectivity index (χ1v) is 7.50. The second kappa shape index (κ2) is 4.10. The minimum Gasteiger partial charge on any atom is -0.347 e. The molecule has 96 valence electrons. The highest BCUT2D eigenvalue weighted by atomic mass is 32.1. The summed E-state index contributed by atoms with van der Waals surface area (Å²) in [6, 6.07) is 8.16. The fraction of sp³-hybridized carbons (Fsp3) is 0.267. The lowest BCUT2D eigenvalue weighted by atomic mass is 9.94. The number of amides is 1. The SMILES string of the molecule is O=C1N[C@H](c2ccsc2)N2CCCc3cccc1c32. The van der Waals surface area contributed by atoms with Gasteiger partial charge in [0.25, 0.3) is 5.91 Å². The smallest absolute Gasteiger partial charge is 0.255 e. The first-order valence-electron chi connectivity index (χ1n) is 6.56. The largest absolute Gasteiger partial charge is 0.347 e. The van der Waals surface area contributed by atoms with E-state index in [1.807, 2.05) is 12.1 Å². The molecule has 0 saturated carbocycles. The van der Waals surface area contributed by atoms with E-state index >= 15 is 0 Å². The van der Waals surface area contributed by atoms with Crippen LogP contribution in [0.2, 0.25) is 0 Å². The maximum Gasteiger partial charge on any atom is 0.255 e. The van der Waals surface area contributed by atoms with Gasteiger partial charge in [-0.15, -0.1) is 0 Å². The Balaban J connectivity index is 1.89. The number of para-hydroxylation sites is 1. The molecule has 0 aliphatic carbocycles. The first kappa shape index (κ1) is 11.1. The molecule has 0 unspecified atom stereocenters. The lowest BCUT2D eigenvalue weighted by molar-refractivity contribution is 0.0925. The molecule has 0 fully saturated rings. The van der Waals surface area contributed by atoms with Crippen LogP contribution in [0.5, 0.6) is 0 Å². The van der Waals surface area contributed by atoms with Crippen LogP contribution in [-0.4, -0.2) is 12.5 Å². The number of anilines is 1. The summed E-state index contributed by atoms with van der Waals surface area (Å²) in [5.41, 5.74) is 4.46. The predicted octanol–water partition coefficient (Wildman–Crippen LogP) is 2.94. The van der Waals surface area contributed by atoms with Crippen LogP contribution >= 0.6 is 11.3 Å². The summed E-state index contributed by atoms with van der Waals surface area (Å²) in [6.07, 6.45) is 2.21. The zero-order chi connectivity index (χ0) is 12.8. The van der Waals surface area contributed by atoms with Crippen molar-refractivity contribution in [3.63, 3.8) is 0 Å². The number of aryl methyl sites for hydroxylation is 1. The van der Waals surface area contributed by atoms with E-state index in [0.717, 1.165) is 30.6 Å². The molecule has 2 aliphatic rings. The molecule has 19 heavy (non-hydrogen) atoms. The van der Waals surface area contributed by atoms with E-state index in [1.54, 1.807) is 11.3 Å². The summed E-state index contributed by atoms with van der Waals surface area (Å²) in [5.74, 6) is 0.0474. The normalized spacial score (nSPS) is 20.9. The van der Waals surface area contributed by atoms with Crippen LogP contribution in [0.1, 0.15) is 34.1 Å². The molecule has 0 spiro atoms. The number of carbonyl (C=O) groups is 1. The Kier molecular flexibility index (Phi) is 2.38. The topological polar surface area (TPSA) is 32.3 Å². The van der Waals surface area contributed by atoms with Gasteiger partial charge < -0.3 is 10.2 Å². The lowest BCUT2D eigenvalue weighted by Crippen LogP contribution is -2.48. The van der Waals surface area contributed by atoms with Crippen molar-refractivity contribution in [3.05, 3.63) is 51.7 Å². The van der Waals surface area contributed by atoms with Crippen LogP contribution in [0, 0.1) is 0 Å². The number of hydrogen-bond acceptors (Lipinski definition) is 3. The third-order valence-corrected chi connectivity index (χ3v) is 4.64. The van der Waals surface area contributed by atoms with Crippen molar-refractivity contribution in [1.29, 1.82) is 0 Å². The number of benzene rings is 1. The van der Waals surface area contributed by atoms with Crippen molar-refractivity contribution < 1.29 is 4.79 Å². The molecule has 4 rings (SSSR count). The Bertz CT molecular complexity index is 636. The van der Waals surface area contributed by atoms with E-state index in [4.69, 9.17) is 0 Å². The molecule has 4 heteroatoms. The lowest BCUT2D eigenvalue weighted by Gasteiger charge is -2.42. The predicted molar refractivity (Wildman–Crippen MR) is 76.6 cm³/mol. The molecule has 3 nitrogen and oxygen atoms in total. The third kappa shape index (κ3) is 1.60. The van der Waals surface area contributed by atoms with E-state index in [1.165, 1.54) is 11.1 Å². The Hall–Kier alpha value is -1.81. The maximum absolute atomic E-state index is 12.3. The van der Waals surface area contributed by atoms with Gasteiger partial charge in [-0.3, -0.25) is 4.79 Å². The van der Waals surface area contributed by atoms with Crippen LogP contribution < -0.4 is 10.2 Å². The van der Waals surface area contributed by atoms with Crippen molar-refractivity contribution in [2.75, 3.05) is 11.4 Å². The third-order valence-electron chi connectivity index (χ3n) is 3.93. The number of carbonyl (C=O) groups excluding carboxylic acids is 1. The Morgan fingerprint density at radius 3 is 3.11 bits per heavy atom. The second-order valence-corrected chi connectivity index (χ2v) is 5.82. The van der Waals surface area contributed by atoms with Crippen molar-refractivity contribution in [2.45, 2.75) is 19.0 Å². The Morgan fingerprint density at radius 1 is 1.32 bits per heavy atom. The summed E-state index contributed by atoms with van der Waals surface area (Å²) in [4.78, 5) is 14.6. The highest BCUT2D eigenvalue weighted by Gasteiger charge is 2.34. The highest BCUT2D eigenvalue weighted by molar-refractivity contribution is 7.08. The van der Waals surface area contributed by atoms with Gasteiger partial charge in [0.15, 0.2) is 0 Å². The van der Waals surface area contributed by atoms with Crippen molar-refractivity contribution in [1.82, 2.24) is 5.32 Å². The summed E-state index contributed by atoms with van der Waals surface area (Å²) in [5, 5.41) is 7.31. The fourth-order valence-electron chi connectivity index (χ4n) is 3.10. The average molecular weight is 270 g/mol. The van der Waals surface area contributed by atoms with Crippen LogP contribution in [0.4, 0.5) is 5.69 Å². The van der Waals surface area contributed by atoms with E-state index in [2.05, 4.69) is 33.1 Å². The number of nitrogens with zero attached hydrogens (tertiary/aromatic N) is 1. The molecule has 1 N–H and O–H groups in total. The molecule has 1 atom stereocenters. The van der Waals surface area contributed by atoms with E-state index < -0.39 is 0 Å². The van der Waals surface area contributed by atoms with Gasteiger partial charge in [0.1, 0.15) is 6.17 Å². The number of rotatable bonds is 1. The average Bonchev–Trinajstić information content (AvgIpc) is 2.97. The van der Waals surface area contributed by atoms with Crippen LogP contribution in [0.15, 0.2) is 35.0 Å². The molecule has 0 bridgehead atoms. The quantitative estimate of drug-likeness (QED) is 0.864. The monoisotopic (exact) mass is 270 g/mol. The minimum atomic E-state index is -0.00676. The van der Waals surface area contributed by atoms with Gasteiger partial charge in [0, 0.05) is 12.1 Å². The molecule has 1 amide bonds. The molecular formula is C15H14N2OS. The molecule has 2 aliphatic heterocycles. The van der Waals surface area contributed by atoms with Crippen LogP contribution in [0.25, 0.3) is 0 Å². The molecule has 3 heterocycles. The number of thiophene rings is 1. The van der Waals surface area contributed by atoms with Crippen LogP contribution in [-0.2, 0) is 6.42 Å². The van der Waals surface area contributed by atoms with E-state index in [0.29, 0.717) is 0 Å². The van der Waals surface area contributed by atoms with Crippen molar-refractivity contribution in [2.24, 2.45) is 0 Å². The molecule has 0 radical (unpaired) electrons. The molecular weight excluding hydrogens is 256 g/mol. The summed E-state index contributed by atoms with van der Waals surface area (Å²) < 4.78 is 0. The summed E-state index contributed by atoms with van der Waals surface area (Å²) in [7, 11) is 0. The molecule has 2 aromatic rings. The fourth-order valence-corrected chi connectivity index (χ4v) is 3.78. The zero-order valence-corrected chi connectivity index (χ0v) is 11.2. The standard InChI is InChI=1S/C15H14N2OS/c18-15-12-5-1-3-10-4-2-7-17(13(10)12)14(16-15)11-6-8-19-9-11/h1,3,5-6,8-9,14H,2,4,7H2,(H,16,18)/t14-/m0/s1. The molecule has 1 aromatic carbocycles. The minimum absolute atomic E-state index is 0.00676. The van der Waals surface area contributed by atoms with Gasteiger partial charge in [-0.1, -0.05) is 12.1 Å². The Labute approximate surface area is 115 Å². The molecule has 0 saturated heterocycles. The van der Waals surface area contributed by atoms with Gasteiger partial charge in [-0.2, -0.15) is 11.3 Å². The highest BCUT2D eigenvalue weighted by Crippen LogP contribution is 2.39. The molecule has 1 aromatic heterocycles. The summed E-state index contributed by atoms with van der Waals surface area (Å²) >= 11 is 1.67. The zero-order valence-electron chi connectivity index (χ0n) is 10.4. The van der Waals surface area contributed by atoms with E-state index in [9.17, 15) is 4.79 Å². The van der Waals surface area contributed by atoms with Gasteiger partial charge >= 0.3 is 0 Å². The van der Waals surface area contributed by atoms with E-state index in [-0.39, 0.29) is 12.1 Å². The van der Waals surface area contributed by atoms with Gasteiger partial charge in [-0.05, 0) is 41.3 Å². The van der Waals surface area contributed by atoms with Crippen LogP contribution in [0.3, 0.4) is 0 Å². The number of nitrogens with one attached hydrogen (secondary N) is 1.